The molecule has 0 aliphatic heterocycles. The van der Waals surface area contributed by atoms with Crippen LogP contribution in [-0.4, -0.2) is 15.7 Å². The molecule has 0 fully saturated rings. The molecule has 1 heterocycles. The largest absolute Gasteiger partial charge is 0.301 e. The van der Waals surface area contributed by atoms with Crippen molar-refractivity contribution in [3.05, 3.63) is 34.3 Å². The van der Waals surface area contributed by atoms with Gasteiger partial charge >= 0.3 is 0 Å². The molecule has 0 saturated heterocycles. The summed E-state index contributed by atoms with van der Waals surface area (Å²) in [6.45, 7) is 7.43. The zero-order valence-corrected chi connectivity index (χ0v) is 9.28. The molecule has 0 atom stereocenters. The van der Waals surface area contributed by atoms with Gasteiger partial charge in [0.25, 0.3) is 5.56 Å². The highest BCUT2D eigenvalue weighted by Crippen LogP contribution is 2.12. The minimum absolute atomic E-state index is 0.0217. The highest BCUT2D eigenvalue weighted by atomic mass is 32.2. The predicted octanol–water partition coefficient (Wildman–Crippen LogP) is 1.92. The van der Waals surface area contributed by atoms with Crippen LogP contribution in [0.2, 0.25) is 0 Å². The van der Waals surface area contributed by atoms with Gasteiger partial charge in [0.1, 0.15) is 0 Å². The summed E-state index contributed by atoms with van der Waals surface area (Å²) in [5.41, 5.74) is 1.57. The van der Waals surface area contributed by atoms with Crippen molar-refractivity contribution >= 4 is 11.8 Å². The second kappa shape index (κ2) is 5.00. The normalized spacial score (nSPS) is 10.1. The highest BCUT2D eigenvalue weighted by Gasteiger charge is 2.05. The smallest absolute Gasteiger partial charge is 0.254 e. The van der Waals surface area contributed by atoms with E-state index in [0.717, 1.165) is 23.4 Å². The lowest BCUT2D eigenvalue weighted by atomic mass is 10.2. The summed E-state index contributed by atoms with van der Waals surface area (Å²) in [5, 5.41) is 0.671. The van der Waals surface area contributed by atoms with E-state index in [1.54, 1.807) is 6.08 Å². The summed E-state index contributed by atoms with van der Waals surface area (Å²) in [5.74, 6) is 0.758. The third kappa shape index (κ3) is 2.48. The zero-order chi connectivity index (χ0) is 10.6. The second-order valence-electron chi connectivity index (χ2n) is 2.89. The molecule has 0 saturated carbocycles. The van der Waals surface area contributed by atoms with Gasteiger partial charge in [-0.3, -0.25) is 4.79 Å². The minimum atomic E-state index is -0.0217. The Morgan fingerprint density at radius 3 is 2.86 bits per heavy atom. The van der Waals surface area contributed by atoms with E-state index in [4.69, 9.17) is 0 Å². The lowest BCUT2D eigenvalue weighted by Gasteiger charge is -2.03. The lowest BCUT2D eigenvalue weighted by molar-refractivity contribution is 0.860. The third-order valence-electron chi connectivity index (χ3n) is 1.89. The van der Waals surface area contributed by atoms with Crippen LogP contribution in [0.3, 0.4) is 0 Å². The molecular weight excluding hydrogens is 196 g/mol. The number of nitrogens with one attached hydrogen (secondary N) is 1. The molecular formula is C10H14N2OS. The summed E-state index contributed by atoms with van der Waals surface area (Å²) in [6, 6.07) is 0. The number of H-pyrrole nitrogens is 1. The van der Waals surface area contributed by atoms with E-state index >= 15 is 0 Å². The van der Waals surface area contributed by atoms with Gasteiger partial charge in [0.2, 0.25) is 0 Å². The Kier molecular flexibility index (Phi) is 3.95. The fourth-order valence-corrected chi connectivity index (χ4v) is 1.85. The van der Waals surface area contributed by atoms with Gasteiger partial charge in [-0.2, -0.15) is 0 Å². The van der Waals surface area contributed by atoms with Crippen LogP contribution in [0, 0.1) is 6.92 Å². The maximum atomic E-state index is 11.5. The standard InChI is InChI=1S/C10H14N2OS/c1-4-6-14-10-11-7(3)8(5-2)9(13)12-10/h4H,1,5-6H2,2-3H3,(H,11,12,13). The number of hydrogen-bond donors (Lipinski definition) is 1. The molecule has 3 nitrogen and oxygen atoms in total. The Bertz CT molecular complexity index is 384. The first-order valence-corrected chi connectivity index (χ1v) is 5.51. The van der Waals surface area contributed by atoms with Crippen molar-refractivity contribution in [1.82, 2.24) is 9.97 Å². The van der Waals surface area contributed by atoms with E-state index in [-0.39, 0.29) is 5.56 Å². The fraction of sp³-hybridized carbons (Fsp3) is 0.400. The van der Waals surface area contributed by atoms with Crippen LogP contribution in [0.25, 0.3) is 0 Å². The molecule has 0 spiro atoms. The predicted molar refractivity (Wildman–Crippen MR) is 59.9 cm³/mol. The monoisotopic (exact) mass is 210 g/mol. The van der Waals surface area contributed by atoms with E-state index in [1.165, 1.54) is 11.8 Å². The van der Waals surface area contributed by atoms with Crippen molar-refractivity contribution in [1.29, 1.82) is 0 Å². The van der Waals surface area contributed by atoms with Crippen molar-refractivity contribution in [2.45, 2.75) is 25.4 Å². The number of aromatic amines is 1. The number of thioether (sulfide) groups is 1. The lowest BCUT2D eigenvalue weighted by Crippen LogP contribution is -2.16. The second-order valence-corrected chi connectivity index (χ2v) is 3.90. The van der Waals surface area contributed by atoms with Crippen molar-refractivity contribution < 1.29 is 0 Å². The summed E-state index contributed by atoms with van der Waals surface area (Å²) in [6.07, 6.45) is 2.51. The number of hydrogen-bond acceptors (Lipinski definition) is 3. The average molecular weight is 210 g/mol. The van der Waals surface area contributed by atoms with Crippen LogP contribution < -0.4 is 5.56 Å². The Morgan fingerprint density at radius 2 is 2.36 bits per heavy atom. The van der Waals surface area contributed by atoms with Crippen LogP contribution in [0.1, 0.15) is 18.2 Å². The molecule has 4 heteroatoms. The van der Waals surface area contributed by atoms with Gasteiger partial charge in [0.15, 0.2) is 5.16 Å². The van der Waals surface area contributed by atoms with Crippen LogP contribution in [0.5, 0.6) is 0 Å². The Labute approximate surface area is 87.7 Å². The van der Waals surface area contributed by atoms with E-state index in [9.17, 15) is 4.79 Å². The number of aryl methyl sites for hydroxylation is 1. The summed E-state index contributed by atoms with van der Waals surface area (Å²) in [7, 11) is 0. The summed E-state index contributed by atoms with van der Waals surface area (Å²) >= 11 is 1.48. The molecule has 0 bridgehead atoms. The maximum Gasteiger partial charge on any atom is 0.254 e. The summed E-state index contributed by atoms with van der Waals surface area (Å²) in [4.78, 5) is 18.6. The van der Waals surface area contributed by atoms with E-state index in [2.05, 4.69) is 16.5 Å². The van der Waals surface area contributed by atoms with Crippen molar-refractivity contribution in [3.8, 4) is 0 Å². The Morgan fingerprint density at radius 1 is 1.64 bits per heavy atom. The van der Waals surface area contributed by atoms with Gasteiger partial charge in [-0.15, -0.1) is 6.58 Å². The fourth-order valence-electron chi connectivity index (χ4n) is 1.21. The van der Waals surface area contributed by atoms with Crippen molar-refractivity contribution in [2.24, 2.45) is 0 Å². The van der Waals surface area contributed by atoms with Crippen LogP contribution in [0.15, 0.2) is 22.6 Å². The molecule has 1 rings (SSSR count). The molecule has 1 aromatic heterocycles. The number of aromatic nitrogens is 2. The van der Waals surface area contributed by atoms with Gasteiger partial charge in [-0.25, -0.2) is 4.98 Å². The van der Waals surface area contributed by atoms with Gasteiger partial charge in [0.05, 0.1) is 0 Å². The molecule has 1 aromatic rings. The van der Waals surface area contributed by atoms with Gasteiger partial charge in [-0.1, -0.05) is 24.8 Å². The molecule has 0 aliphatic rings. The summed E-state index contributed by atoms with van der Waals surface area (Å²) < 4.78 is 0. The zero-order valence-electron chi connectivity index (χ0n) is 8.46. The topological polar surface area (TPSA) is 45.8 Å². The van der Waals surface area contributed by atoms with Gasteiger partial charge in [-0.05, 0) is 13.3 Å². The van der Waals surface area contributed by atoms with E-state index < -0.39 is 0 Å². The number of nitrogens with zero attached hydrogens (tertiary/aromatic N) is 1. The van der Waals surface area contributed by atoms with Gasteiger partial charge < -0.3 is 4.98 Å². The SMILES string of the molecule is C=CCSc1nc(C)c(CC)c(=O)[nH]1. The van der Waals surface area contributed by atoms with Gasteiger partial charge in [0, 0.05) is 17.0 Å². The van der Waals surface area contributed by atoms with Crippen LogP contribution in [-0.2, 0) is 6.42 Å². The average Bonchev–Trinajstić information content (AvgIpc) is 2.14. The molecule has 0 unspecified atom stereocenters. The van der Waals surface area contributed by atoms with Crippen molar-refractivity contribution in [2.75, 3.05) is 5.75 Å². The van der Waals surface area contributed by atoms with E-state index in [0.29, 0.717) is 5.16 Å². The van der Waals surface area contributed by atoms with E-state index in [1.807, 2.05) is 13.8 Å². The molecule has 76 valence electrons. The van der Waals surface area contributed by atoms with Crippen molar-refractivity contribution in [3.63, 3.8) is 0 Å². The molecule has 0 aromatic carbocycles. The maximum absolute atomic E-state index is 11.5. The number of rotatable bonds is 4. The van der Waals surface area contributed by atoms with Crippen LogP contribution >= 0.6 is 11.8 Å². The highest BCUT2D eigenvalue weighted by molar-refractivity contribution is 7.99. The van der Waals surface area contributed by atoms with Crippen LogP contribution in [0.4, 0.5) is 0 Å². The first-order chi connectivity index (χ1) is 6.69. The molecule has 0 radical (unpaired) electrons. The first kappa shape index (κ1) is 11.0. The minimum Gasteiger partial charge on any atom is -0.301 e. The quantitative estimate of drug-likeness (QED) is 0.469. The molecule has 0 amide bonds. The molecule has 1 N–H and O–H groups in total. The Balaban J connectivity index is 3.01. The first-order valence-electron chi connectivity index (χ1n) is 4.52. The molecule has 0 aliphatic carbocycles. The molecule has 14 heavy (non-hydrogen) atoms. The third-order valence-corrected chi connectivity index (χ3v) is 2.76. The Hall–Kier alpha value is -1.03.